The van der Waals surface area contributed by atoms with Crippen molar-refractivity contribution in [1.82, 2.24) is 0 Å². The molecule has 0 fully saturated rings. The Kier molecular flexibility index (Phi) is 5.29. The summed E-state index contributed by atoms with van der Waals surface area (Å²) in [7, 11) is -0.968. The normalized spacial score (nSPS) is 14.9. The fourth-order valence-corrected chi connectivity index (χ4v) is 2.98. The van der Waals surface area contributed by atoms with E-state index in [4.69, 9.17) is 17.3 Å². The first kappa shape index (κ1) is 12.7. The van der Waals surface area contributed by atoms with E-state index < -0.39 is 10.8 Å². The summed E-state index contributed by atoms with van der Waals surface area (Å²) >= 11 is 5.77. The fourth-order valence-electron chi connectivity index (χ4n) is 1.41. The SMILES string of the molecule is CCC(CCN)S(=O)c1ccc(Cl)cc1. The van der Waals surface area contributed by atoms with Crippen molar-refractivity contribution in [2.75, 3.05) is 6.54 Å². The van der Waals surface area contributed by atoms with E-state index in [2.05, 4.69) is 0 Å². The van der Waals surface area contributed by atoms with Crippen LogP contribution in [-0.4, -0.2) is 16.0 Å². The molecule has 1 aromatic carbocycles. The average Bonchev–Trinajstić information content (AvgIpc) is 2.26. The molecule has 0 saturated carbocycles. The maximum absolute atomic E-state index is 12.1. The van der Waals surface area contributed by atoms with E-state index in [0.717, 1.165) is 17.7 Å². The highest BCUT2D eigenvalue weighted by atomic mass is 35.5. The molecule has 0 bridgehead atoms. The summed E-state index contributed by atoms with van der Waals surface area (Å²) in [5.74, 6) is 0. The molecule has 1 rings (SSSR count). The third kappa shape index (κ3) is 3.59. The predicted molar refractivity (Wildman–Crippen MR) is 65.6 cm³/mol. The number of benzene rings is 1. The molecule has 0 aliphatic heterocycles. The zero-order valence-electron chi connectivity index (χ0n) is 8.78. The molecule has 1 aromatic rings. The molecule has 0 aromatic heterocycles. The van der Waals surface area contributed by atoms with Gasteiger partial charge in [-0.05, 0) is 43.7 Å². The highest BCUT2D eigenvalue weighted by Gasteiger charge is 2.15. The van der Waals surface area contributed by atoms with Gasteiger partial charge >= 0.3 is 0 Å². The zero-order valence-corrected chi connectivity index (χ0v) is 10.4. The van der Waals surface area contributed by atoms with Crippen molar-refractivity contribution in [1.29, 1.82) is 0 Å². The summed E-state index contributed by atoms with van der Waals surface area (Å²) in [5, 5.41) is 0.818. The van der Waals surface area contributed by atoms with Crippen LogP contribution in [0, 0.1) is 0 Å². The Morgan fingerprint density at radius 1 is 1.40 bits per heavy atom. The molecule has 0 amide bonds. The van der Waals surface area contributed by atoms with E-state index >= 15 is 0 Å². The van der Waals surface area contributed by atoms with Crippen molar-refractivity contribution in [3.63, 3.8) is 0 Å². The van der Waals surface area contributed by atoms with Crippen LogP contribution in [0.3, 0.4) is 0 Å². The molecule has 0 radical (unpaired) electrons. The predicted octanol–water partition coefficient (Wildman–Crippen LogP) is 2.58. The molecule has 0 spiro atoms. The lowest BCUT2D eigenvalue weighted by atomic mass is 10.2. The van der Waals surface area contributed by atoms with E-state index in [-0.39, 0.29) is 5.25 Å². The Balaban J connectivity index is 2.78. The molecule has 0 heterocycles. The first-order valence-corrected chi connectivity index (χ1v) is 6.64. The molecule has 0 aliphatic rings. The number of halogens is 1. The fraction of sp³-hybridized carbons (Fsp3) is 0.455. The number of rotatable bonds is 5. The number of hydrogen-bond acceptors (Lipinski definition) is 2. The minimum Gasteiger partial charge on any atom is -0.330 e. The Morgan fingerprint density at radius 2 is 2.00 bits per heavy atom. The number of nitrogens with two attached hydrogens (primary N) is 1. The van der Waals surface area contributed by atoms with Crippen molar-refractivity contribution >= 4 is 22.4 Å². The minimum absolute atomic E-state index is 0.149. The average molecular weight is 246 g/mol. The van der Waals surface area contributed by atoms with Crippen molar-refractivity contribution in [3.05, 3.63) is 29.3 Å². The van der Waals surface area contributed by atoms with Gasteiger partial charge in [-0.3, -0.25) is 4.21 Å². The van der Waals surface area contributed by atoms with Gasteiger partial charge < -0.3 is 5.73 Å². The maximum Gasteiger partial charge on any atom is 0.0561 e. The Labute approximate surface area is 98.3 Å². The minimum atomic E-state index is -0.968. The van der Waals surface area contributed by atoms with Crippen LogP contribution in [0.5, 0.6) is 0 Å². The molecular formula is C11H16ClNOS. The highest BCUT2D eigenvalue weighted by molar-refractivity contribution is 7.85. The van der Waals surface area contributed by atoms with Crippen molar-refractivity contribution in [3.8, 4) is 0 Å². The van der Waals surface area contributed by atoms with Crippen LogP contribution >= 0.6 is 11.6 Å². The van der Waals surface area contributed by atoms with Gasteiger partial charge in [0.1, 0.15) is 0 Å². The molecule has 2 N–H and O–H groups in total. The lowest BCUT2D eigenvalue weighted by Gasteiger charge is -2.13. The zero-order chi connectivity index (χ0) is 11.3. The first-order valence-electron chi connectivity index (χ1n) is 5.05. The molecule has 2 unspecified atom stereocenters. The van der Waals surface area contributed by atoms with Gasteiger partial charge in [0.25, 0.3) is 0 Å². The topological polar surface area (TPSA) is 43.1 Å². The molecule has 84 valence electrons. The van der Waals surface area contributed by atoms with E-state index in [9.17, 15) is 4.21 Å². The summed E-state index contributed by atoms with van der Waals surface area (Å²) in [4.78, 5) is 0.833. The van der Waals surface area contributed by atoms with Crippen LogP contribution in [0.25, 0.3) is 0 Å². The Morgan fingerprint density at radius 3 is 2.47 bits per heavy atom. The van der Waals surface area contributed by atoms with Crippen LogP contribution in [0.1, 0.15) is 19.8 Å². The van der Waals surface area contributed by atoms with Crippen molar-refractivity contribution in [2.45, 2.75) is 29.9 Å². The van der Waals surface area contributed by atoms with Crippen molar-refractivity contribution < 1.29 is 4.21 Å². The van der Waals surface area contributed by atoms with Crippen LogP contribution in [0.4, 0.5) is 0 Å². The lowest BCUT2D eigenvalue weighted by molar-refractivity contribution is 0.650. The quantitative estimate of drug-likeness (QED) is 0.867. The molecule has 4 heteroatoms. The molecular weight excluding hydrogens is 230 g/mol. The summed E-state index contributed by atoms with van der Waals surface area (Å²) < 4.78 is 12.1. The smallest absolute Gasteiger partial charge is 0.0561 e. The first-order chi connectivity index (χ1) is 7.19. The second-order valence-electron chi connectivity index (χ2n) is 3.36. The standard InChI is InChI=1S/C11H16ClNOS/c1-2-10(7-8-13)15(14)11-5-3-9(12)4-6-11/h3-6,10H,2,7-8,13H2,1H3. The second-order valence-corrected chi connectivity index (χ2v) is 5.53. The van der Waals surface area contributed by atoms with Gasteiger partial charge in [-0.25, -0.2) is 0 Å². The highest BCUT2D eigenvalue weighted by Crippen LogP contribution is 2.18. The molecule has 0 aliphatic carbocycles. The molecule has 15 heavy (non-hydrogen) atoms. The van der Waals surface area contributed by atoms with Gasteiger partial charge in [-0.15, -0.1) is 0 Å². The van der Waals surface area contributed by atoms with Crippen LogP contribution in [0.15, 0.2) is 29.2 Å². The van der Waals surface area contributed by atoms with Gasteiger partial charge in [-0.1, -0.05) is 18.5 Å². The third-order valence-electron chi connectivity index (χ3n) is 2.29. The van der Waals surface area contributed by atoms with E-state index in [0.29, 0.717) is 11.6 Å². The Bertz CT molecular complexity index is 326. The van der Waals surface area contributed by atoms with Crippen molar-refractivity contribution in [2.24, 2.45) is 5.73 Å². The Hall–Kier alpha value is -0.380. The molecule has 2 atom stereocenters. The summed E-state index contributed by atoms with van der Waals surface area (Å²) in [6.45, 7) is 2.62. The molecule has 0 saturated heterocycles. The largest absolute Gasteiger partial charge is 0.330 e. The van der Waals surface area contributed by atoms with Gasteiger partial charge in [0, 0.05) is 15.2 Å². The number of hydrogen-bond donors (Lipinski definition) is 1. The lowest BCUT2D eigenvalue weighted by Crippen LogP contribution is -2.18. The van der Waals surface area contributed by atoms with Gasteiger partial charge in [0.15, 0.2) is 0 Å². The van der Waals surface area contributed by atoms with Crippen LogP contribution < -0.4 is 5.73 Å². The van der Waals surface area contributed by atoms with Gasteiger partial charge in [0.2, 0.25) is 0 Å². The van der Waals surface area contributed by atoms with Gasteiger partial charge in [-0.2, -0.15) is 0 Å². The third-order valence-corrected chi connectivity index (χ3v) is 4.46. The summed E-state index contributed by atoms with van der Waals surface area (Å²) in [6, 6.07) is 7.17. The van der Waals surface area contributed by atoms with E-state index in [1.807, 2.05) is 19.1 Å². The van der Waals surface area contributed by atoms with E-state index in [1.54, 1.807) is 12.1 Å². The van der Waals surface area contributed by atoms with Crippen LogP contribution in [0.2, 0.25) is 5.02 Å². The van der Waals surface area contributed by atoms with Gasteiger partial charge in [0.05, 0.1) is 10.8 Å². The van der Waals surface area contributed by atoms with E-state index in [1.165, 1.54) is 0 Å². The summed E-state index contributed by atoms with van der Waals surface area (Å²) in [5.41, 5.74) is 5.49. The molecule has 2 nitrogen and oxygen atoms in total. The second kappa shape index (κ2) is 6.26. The maximum atomic E-state index is 12.1. The monoisotopic (exact) mass is 245 g/mol. The summed E-state index contributed by atoms with van der Waals surface area (Å²) in [6.07, 6.45) is 1.68. The van der Waals surface area contributed by atoms with Crippen LogP contribution in [-0.2, 0) is 10.8 Å².